The molecule has 20 heavy (non-hydrogen) atoms. The largest absolute Gasteiger partial charge is 0.391 e. The fourth-order valence-corrected chi connectivity index (χ4v) is 2.75. The molecule has 122 valence electrons. The van der Waals surface area contributed by atoms with Gasteiger partial charge in [0.15, 0.2) is 0 Å². The van der Waals surface area contributed by atoms with Gasteiger partial charge in [0.2, 0.25) is 0 Å². The maximum absolute atomic E-state index is 12.9. The average Bonchev–Trinajstić information content (AvgIpc) is 2.39. The van der Waals surface area contributed by atoms with E-state index in [1.54, 1.807) is 0 Å². The van der Waals surface area contributed by atoms with Crippen molar-refractivity contribution in [3.8, 4) is 0 Å². The zero-order valence-corrected chi connectivity index (χ0v) is 13.6. The lowest BCUT2D eigenvalue weighted by molar-refractivity contribution is -0.185. The van der Waals surface area contributed by atoms with E-state index < -0.39 is 12.1 Å². The van der Waals surface area contributed by atoms with Crippen molar-refractivity contribution < 1.29 is 13.2 Å². The highest BCUT2D eigenvalue weighted by atomic mass is 19.4. The second-order valence-corrected chi connectivity index (χ2v) is 6.14. The third-order valence-electron chi connectivity index (χ3n) is 4.33. The molecule has 0 bridgehead atoms. The van der Waals surface area contributed by atoms with Crippen molar-refractivity contribution in [2.24, 2.45) is 11.8 Å². The summed E-state index contributed by atoms with van der Waals surface area (Å²) in [7, 11) is 0. The van der Waals surface area contributed by atoms with Gasteiger partial charge >= 0.3 is 6.18 Å². The van der Waals surface area contributed by atoms with Crippen LogP contribution >= 0.6 is 0 Å². The summed E-state index contributed by atoms with van der Waals surface area (Å²) in [5.74, 6) is -1.32. The van der Waals surface area contributed by atoms with Gasteiger partial charge in [-0.3, -0.25) is 0 Å². The van der Waals surface area contributed by atoms with Gasteiger partial charge in [0.25, 0.3) is 0 Å². The second-order valence-electron chi connectivity index (χ2n) is 6.14. The molecular weight excluding hydrogens is 261 g/mol. The molecule has 0 aromatic carbocycles. The quantitative estimate of drug-likeness (QED) is 0.336. The highest BCUT2D eigenvalue weighted by Gasteiger charge is 2.40. The minimum absolute atomic E-state index is 0.173. The van der Waals surface area contributed by atoms with Gasteiger partial charge in [-0.15, -0.1) is 0 Å². The van der Waals surface area contributed by atoms with Crippen LogP contribution < -0.4 is 0 Å². The summed E-state index contributed by atoms with van der Waals surface area (Å²) in [6, 6.07) is 0. The molecule has 0 saturated heterocycles. The topological polar surface area (TPSA) is 0 Å². The average molecular weight is 294 g/mol. The van der Waals surface area contributed by atoms with Crippen molar-refractivity contribution in [2.75, 3.05) is 0 Å². The van der Waals surface area contributed by atoms with Crippen LogP contribution in [0.3, 0.4) is 0 Å². The van der Waals surface area contributed by atoms with E-state index in [-0.39, 0.29) is 5.92 Å². The number of alkyl halides is 3. The zero-order valence-electron chi connectivity index (χ0n) is 13.6. The first-order chi connectivity index (χ1) is 9.43. The molecule has 0 saturated carbocycles. The van der Waals surface area contributed by atoms with E-state index in [0.29, 0.717) is 0 Å². The van der Waals surface area contributed by atoms with Crippen molar-refractivity contribution in [3.05, 3.63) is 0 Å². The van der Waals surface area contributed by atoms with Crippen LogP contribution in [0.5, 0.6) is 0 Å². The molecule has 0 aromatic heterocycles. The monoisotopic (exact) mass is 294 g/mol. The predicted octanol–water partition coefficient (Wildman–Crippen LogP) is 7.13. The Labute approximate surface area is 123 Å². The van der Waals surface area contributed by atoms with E-state index in [1.807, 2.05) is 0 Å². The summed E-state index contributed by atoms with van der Waals surface area (Å²) in [5, 5.41) is 0. The van der Waals surface area contributed by atoms with Crippen LogP contribution in [0.4, 0.5) is 13.2 Å². The highest BCUT2D eigenvalue weighted by Crippen LogP contribution is 2.37. The highest BCUT2D eigenvalue weighted by molar-refractivity contribution is 4.73. The molecule has 3 heteroatoms. The van der Waals surface area contributed by atoms with E-state index in [9.17, 15) is 13.2 Å². The Hall–Kier alpha value is -0.210. The van der Waals surface area contributed by atoms with Crippen molar-refractivity contribution in [1.29, 1.82) is 0 Å². The van der Waals surface area contributed by atoms with Crippen LogP contribution in [-0.4, -0.2) is 6.18 Å². The molecule has 1 unspecified atom stereocenters. The van der Waals surface area contributed by atoms with Crippen LogP contribution in [0.15, 0.2) is 0 Å². The second kappa shape index (κ2) is 11.4. The van der Waals surface area contributed by atoms with Crippen LogP contribution in [0.1, 0.15) is 91.4 Å². The number of unbranched alkanes of at least 4 members (excludes halogenated alkanes) is 7. The van der Waals surface area contributed by atoms with Gasteiger partial charge in [-0.05, 0) is 18.8 Å². The molecule has 0 nitrogen and oxygen atoms in total. The Balaban J connectivity index is 4.11. The molecule has 0 aliphatic rings. The van der Waals surface area contributed by atoms with Gasteiger partial charge in [0.1, 0.15) is 0 Å². The molecule has 0 fully saturated rings. The van der Waals surface area contributed by atoms with E-state index in [4.69, 9.17) is 0 Å². The molecule has 0 spiro atoms. The van der Waals surface area contributed by atoms with Crippen molar-refractivity contribution in [1.82, 2.24) is 0 Å². The normalized spacial score (nSPS) is 15.3. The van der Waals surface area contributed by atoms with Gasteiger partial charge in [0.05, 0.1) is 5.92 Å². The third-order valence-corrected chi connectivity index (χ3v) is 4.33. The number of halogens is 3. The predicted molar refractivity (Wildman–Crippen MR) is 80.8 cm³/mol. The smallest absolute Gasteiger partial charge is 0.171 e. The molecule has 0 radical (unpaired) electrons. The summed E-state index contributed by atoms with van der Waals surface area (Å²) in [6.45, 7) is 5.66. The molecule has 0 aromatic rings. The molecule has 0 heterocycles. The molecular formula is C17H33F3. The Bertz CT molecular complexity index is 211. The molecule has 0 aliphatic carbocycles. The fraction of sp³-hybridized carbons (Fsp3) is 1.00. The van der Waals surface area contributed by atoms with Crippen LogP contribution in [-0.2, 0) is 0 Å². The lowest BCUT2D eigenvalue weighted by Gasteiger charge is -2.26. The van der Waals surface area contributed by atoms with Gasteiger partial charge in [-0.2, -0.15) is 13.2 Å². The first kappa shape index (κ1) is 19.8. The Morgan fingerprint density at radius 2 is 1.10 bits per heavy atom. The first-order valence-corrected chi connectivity index (χ1v) is 8.50. The SMILES string of the molecule is CCCCCCCC(CCCCCC)[C@@H](C)C(F)(F)F. The summed E-state index contributed by atoms with van der Waals surface area (Å²) in [4.78, 5) is 0. The number of rotatable bonds is 12. The Kier molecular flexibility index (Phi) is 11.3. The Morgan fingerprint density at radius 1 is 0.700 bits per heavy atom. The van der Waals surface area contributed by atoms with Crippen molar-refractivity contribution >= 4 is 0 Å². The van der Waals surface area contributed by atoms with Crippen molar-refractivity contribution in [3.63, 3.8) is 0 Å². The minimum Gasteiger partial charge on any atom is -0.171 e. The fourth-order valence-electron chi connectivity index (χ4n) is 2.75. The van der Waals surface area contributed by atoms with Crippen LogP contribution in [0.2, 0.25) is 0 Å². The summed E-state index contributed by atoms with van der Waals surface area (Å²) >= 11 is 0. The Morgan fingerprint density at radius 3 is 1.50 bits per heavy atom. The number of hydrogen-bond acceptors (Lipinski definition) is 0. The maximum atomic E-state index is 12.9. The minimum atomic E-state index is -4.03. The molecule has 0 N–H and O–H groups in total. The van der Waals surface area contributed by atoms with Gasteiger partial charge < -0.3 is 0 Å². The standard InChI is InChI=1S/C17H33F3/c1-4-6-8-10-12-14-16(13-11-9-7-5-2)15(3)17(18,19)20/h15-16H,4-14H2,1-3H3/t15-,16?/m1/s1. The van der Waals surface area contributed by atoms with E-state index in [0.717, 1.165) is 51.4 Å². The number of hydrogen-bond donors (Lipinski definition) is 0. The van der Waals surface area contributed by atoms with Gasteiger partial charge in [-0.1, -0.05) is 78.6 Å². The van der Waals surface area contributed by atoms with Crippen LogP contribution in [0.25, 0.3) is 0 Å². The van der Waals surface area contributed by atoms with E-state index in [2.05, 4.69) is 13.8 Å². The molecule has 0 rings (SSSR count). The lowest BCUT2D eigenvalue weighted by atomic mass is 9.84. The van der Waals surface area contributed by atoms with Gasteiger partial charge in [0, 0.05) is 0 Å². The first-order valence-electron chi connectivity index (χ1n) is 8.50. The van der Waals surface area contributed by atoms with E-state index in [1.165, 1.54) is 26.2 Å². The molecule has 0 amide bonds. The van der Waals surface area contributed by atoms with Gasteiger partial charge in [-0.25, -0.2) is 0 Å². The lowest BCUT2D eigenvalue weighted by Crippen LogP contribution is -2.27. The zero-order chi connectivity index (χ0) is 15.4. The molecule has 0 aliphatic heterocycles. The summed E-state index contributed by atoms with van der Waals surface area (Å²) in [5.41, 5.74) is 0. The third kappa shape index (κ3) is 9.66. The maximum Gasteiger partial charge on any atom is 0.391 e. The van der Waals surface area contributed by atoms with Crippen LogP contribution in [0, 0.1) is 11.8 Å². The summed E-state index contributed by atoms with van der Waals surface area (Å²) in [6.07, 6.45) is 7.36. The van der Waals surface area contributed by atoms with Crippen molar-refractivity contribution in [2.45, 2.75) is 97.6 Å². The van der Waals surface area contributed by atoms with E-state index >= 15 is 0 Å². The summed E-state index contributed by atoms with van der Waals surface area (Å²) < 4.78 is 38.7. The molecule has 2 atom stereocenters.